The number of aromatic nitrogens is 2. The Hall–Kier alpha value is -2.14. The second-order valence-electron chi connectivity index (χ2n) is 8.11. The van der Waals surface area contributed by atoms with Crippen molar-refractivity contribution in [3.05, 3.63) is 36.5 Å². The van der Waals surface area contributed by atoms with Gasteiger partial charge in [-0.05, 0) is 58.7 Å². The van der Waals surface area contributed by atoms with Gasteiger partial charge in [0.05, 0.1) is 12.7 Å². The Balaban J connectivity index is 1.83. The van der Waals surface area contributed by atoms with E-state index in [1.165, 1.54) is 0 Å². The molecule has 134 valence electrons. The first-order valence-corrected chi connectivity index (χ1v) is 8.80. The topological polar surface area (TPSA) is 59.1 Å². The summed E-state index contributed by atoms with van der Waals surface area (Å²) in [6.45, 7) is 9.01. The Bertz CT molecular complexity index is 726. The summed E-state index contributed by atoms with van der Waals surface area (Å²) in [7, 11) is 1.67. The van der Waals surface area contributed by atoms with Crippen LogP contribution < -0.4 is 15.4 Å². The Morgan fingerprint density at radius 1 is 1.08 bits per heavy atom. The number of benzene rings is 1. The Morgan fingerprint density at radius 3 is 2.44 bits per heavy atom. The lowest BCUT2D eigenvalue weighted by Gasteiger charge is -2.46. The minimum Gasteiger partial charge on any atom is -0.496 e. The van der Waals surface area contributed by atoms with Crippen molar-refractivity contribution in [3.8, 4) is 17.1 Å². The normalized spacial score (nSPS) is 19.4. The van der Waals surface area contributed by atoms with Crippen molar-refractivity contribution in [1.82, 2.24) is 15.3 Å². The number of piperidine rings is 1. The van der Waals surface area contributed by atoms with Gasteiger partial charge in [0, 0.05) is 23.3 Å². The summed E-state index contributed by atoms with van der Waals surface area (Å²) < 4.78 is 5.44. The molecule has 0 spiro atoms. The zero-order valence-electron chi connectivity index (χ0n) is 15.8. The second-order valence-corrected chi connectivity index (χ2v) is 8.11. The van der Waals surface area contributed by atoms with Crippen LogP contribution in [-0.4, -0.2) is 34.2 Å². The molecule has 1 aromatic heterocycles. The lowest BCUT2D eigenvalue weighted by atomic mass is 9.79. The first kappa shape index (κ1) is 17.7. The number of ether oxygens (including phenoxy) is 1. The highest BCUT2D eigenvalue weighted by molar-refractivity contribution is 5.65. The van der Waals surface area contributed by atoms with Crippen LogP contribution in [-0.2, 0) is 0 Å². The van der Waals surface area contributed by atoms with Crippen LogP contribution in [0.5, 0.6) is 5.75 Å². The van der Waals surface area contributed by atoms with E-state index in [-0.39, 0.29) is 11.1 Å². The van der Waals surface area contributed by atoms with Gasteiger partial charge in [-0.15, -0.1) is 0 Å². The van der Waals surface area contributed by atoms with E-state index in [4.69, 9.17) is 9.72 Å². The molecule has 1 aromatic carbocycles. The van der Waals surface area contributed by atoms with Crippen LogP contribution >= 0.6 is 0 Å². The molecule has 1 aliphatic rings. The Labute approximate surface area is 150 Å². The summed E-state index contributed by atoms with van der Waals surface area (Å²) >= 11 is 0. The third-order valence-corrected chi connectivity index (χ3v) is 4.55. The first-order valence-electron chi connectivity index (χ1n) is 8.80. The molecule has 2 heterocycles. The highest BCUT2D eigenvalue weighted by atomic mass is 16.5. The molecular weight excluding hydrogens is 312 g/mol. The van der Waals surface area contributed by atoms with Gasteiger partial charge < -0.3 is 15.4 Å². The molecule has 0 atom stereocenters. The molecule has 2 N–H and O–H groups in total. The molecule has 3 rings (SSSR count). The third-order valence-electron chi connectivity index (χ3n) is 4.55. The van der Waals surface area contributed by atoms with Crippen molar-refractivity contribution in [2.75, 3.05) is 12.4 Å². The largest absolute Gasteiger partial charge is 0.496 e. The Morgan fingerprint density at radius 2 is 1.76 bits per heavy atom. The van der Waals surface area contributed by atoms with Crippen LogP contribution in [0.3, 0.4) is 0 Å². The molecule has 5 heteroatoms. The molecule has 0 bridgehead atoms. The van der Waals surface area contributed by atoms with E-state index in [0.717, 1.165) is 30.0 Å². The van der Waals surface area contributed by atoms with Crippen LogP contribution in [0.2, 0.25) is 0 Å². The zero-order valence-corrected chi connectivity index (χ0v) is 15.8. The van der Waals surface area contributed by atoms with E-state index in [1.807, 2.05) is 30.3 Å². The lowest BCUT2D eigenvalue weighted by Crippen LogP contribution is -2.60. The summed E-state index contributed by atoms with van der Waals surface area (Å²) in [6, 6.07) is 10.1. The van der Waals surface area contributed by atoms with Crippen molar-refractivity contribution < 1.29 is 4.74 Å². The molecular formula is C20H28N4O. The van der Waals surface area contributed by atoms with E-state index >= 15 is 0 Å². The van der Waals surface area contributed by atoms with Crippen molar-refractivity contribution in [2.45, 2.75) is 57.7 Å². The van der Waals surface area contributed by atoms with Gasteiger partial charge in [-0.1, -0.05) is 12.1 Å². The van der Waals surface area contributed by atoms with Gasteiger partial charge in [-0.2, -0.15) is 0 Å². The molecule has 25 heavy (non-hydrogen) atoms. The first-order chi connectivity index (χ1) is 11.8. The number of hydrogen-bond donors (Lipinski definition) is 2. The molecule has 0 unspecified atom stereocenters. The van der Waals surface area contributed by atoms with Crippen LogP contribution in [0.15, 0.2) is 36.5 Å². The average Bonchev–Trinajstić information content (AvgIpc) is 2.52. The summed E-state index contributed by atoms with van der Waals surface area (Å²) in [5, 5.41) is 7.32. The zero-order chi connectivity index (χ0) is 18.1. The molecule has 1 saturated heterocycles. The molecule has 0 saturated carbocycles. The Kier molecular flexibility index (Phi) is 4.69. The average molecular weight is 340 g/mol. The van der Waals surface area contributed by atoms with Crippen molar-refractivity contribution in [3.63, 3.8) is 0 Å². The van der Waals surface area contributed by atoms with Gasteiger partial charge in [-0.3, -0.25) is 0 Å². The summed E-state index contributed by atoms with van der Waals surface area (Å²) in [5.74, 6) is 2.31. The van der Waals surface area contributed by atoms with Crippen LogP contribution in [0.1, 0.15) is 40.5 Å². The minimum absolute atomic E-state index is 0.0952. The van der Waals surface area contributed by atoms with Gasteiger partial charge in [0.2, 0.25) is 0 Å². The fourth-order valence-corrected chi connectivity index (χ4v) is 4.03. The van der Waals surface area contributed by atoms with E-state index in [9.17, 15) is 0 Å². The molecule has 1 fully saturated rings. The summed E-state index contributed by atoms with van der Waals surface area (Å²) in [6.07, 6.45) is 3.89. The number of rotatable bonds is 4. The van der Waals surface area contributed by atoms with E-state index < -0.39 is 0 Å². The van der Waals surface area contributed by atoms with Gasteiger partial charge in [-0.25, -0.2) is 9.97 Å². The molecule has 0 radical (unpaired) electrons. The quantitative estimate of drug-likeness (QED) is 0.885. The maximum absolute atomic E-state index is 5.44. The number of para-hydroxylation sites is 1. The van der Waals surface area contributed by atoms with Gasteiger partial charge in [0.25, 0.3) is 0 Å². The van der Waals surface area contributed by atoms with E-state index in [2.05, 4.69) is 43.3 Å². The number of nitrogens with zero attached hydrogens (tertiary/aromatic N) is 2. The fraction of sp³-hybridized carbons (Fsp3) is 0.500. The predicted molar refractivity (Wildman–Crippen MR) is 102 cm³/mol. The maximum Gasteiger partial charge on any atom is 0.165 e. The molecule has 2 aromatic rings. The van der Waals surface area contributed by atoms with Gasteiger partial charge >= 0.3 is 0 Å². The molecule has 5 nitrogen and oxygen atoms in total. The highest BCUT2D eigenvalue weighted by Crippen LogP contribution is 2.31. The number of hydrogen-bond acceptors (Lipinski definition) is 5. The van der Waals surface area contributed by atoms with Crippen molar-refractivity contribution in [2.24, 2.45) is 0 Å². The molecule has 0 amide bonds. The summed E-state index contributed by atoms with van der Waals surface area (Å²) in [4.78, 5) is 9.14. The second kappa shape index (κ2) is 6.64. The van der Waals surface area contributed by atoms with Crippen LogP contribution in [0, 0.1) is 0 Å². The predicted octanol–water partition coefficient (Wildman–Crippen LogP) is 3.87. The van der Waals surface area contributed by atoms with Crippen molar-refractivity contribution in [1.29, 1.82) is 0 Å². The van der Waals surface area contributed by atoms with E-state index in [1.54, 1.807) is 13.3 Å². The van der Waals surface area contributed by atoms with Gasteiger partial charge in [0.15, 0.2) is 5.82 Å². The lowest BCUT2D eigenvalue weighted by molar-refractivity contribution is 0.170. The summed E-state index contributed by atoms with van der Waals surface area (Å²) in [5.41, 5.74) is 1.09. The third kappa shape index (κ3) is 4.28. The number of nitrogens with one attached hydrogen (secondary N) is 2. The van der Waals surface area contributed by atoms with E-state index in [0.29, 0.717) is 11.9 Å². The van der Waals surface area contributed by atoms with Crippen molar-refractivity contribution >= 4 is 5.82 Å². The van der Waals surface area contributed by atoms with Gasteiger partial charge in [0.1, 0.15) is 11.6 Å². The monoisotopic (exact) mass is 340 g/mol. The maximum atomic E-state index is 5.44. The molecule has 1 aliphatic heterocycles. The number of anilines is 1. The molecule has 0 aliphatic carbocycles. The van der Waals surface area contributed by atoms with Crippen LogP contribution in [0.25, 0.3) is 11.4 Å². The van der Waals surface area contributed by atoms with Crippen LogP contribution in [0.4, 0.5) is 5.82 Å². The highest BCUT2D eigenvalue weighted by Gasteiger charge is 2.37. The SMILES string of the molecule is COc1ccccc1-c1nccc(NC2CC(C)(C)NC(C)(C)C2)n1. The number of methoxy groups -OCH3 is 1. The fourth-order valence-electron chi connectivity index (χ4n) is 4.03. The minimum atomic E-state index is 0.0952. The smallest absolute Gasteiger partial charge is 0.165 e. The standard InChI is InChI=1S/C20H28N4O/c1-19(2)12-14(13-20(3,4)24-19)22-17-10-11-21-18(23-17)15-8-6-7-9-16(15)25-5/h6-11,14,24H,12-13H2,1-5H3,(H,21,22,23).